The van der Waals surface area contributed by atoms with Gasteiger partial charge in [0.25, 0.3) is 0 Å². The van der Waals surface area contributed by atoms with E-state index in [-0.39, 0.29) is 17.5 Å². The van der Waals surface area contributed by atoms with E-state index in [0.717, 1.165) is 80.7 Å². The maximum Gasteiger partial charge on any atom is 0.490 e. The van der Waals surface area contributed by atoms with Crippen molar-refractivity contribution in [3.63, 3.8) is 0 Å². The number of amides is 2. The third kappa shape index (κ3) is 7.99. The highest BCUT2D eigenvalue weighted by atomic mass is 32.2. The first-order chi connectivity index (χ1) is 21.0. The van der Waals surface area contributed by atoms with Crippen LogP contribution in [-0.4, -0.2) is 99.4 Å². The number of carbonyl (C=O) groups is 2. The zero-order chi connectivity index (χ0) is 31.9. The van der Waals surface area contributed by atoms with Crippen molar-refractivity contribution in [2.75, 3.05) is 59.0 Å². The Morgan fingerprint density at radius 3 is 2.41 bits per heavy atom. The van der Waals surface area contributed by atoms with Gasteiger partial charge in [-0.05, 0) is 81.1 Å². The van der Waals surface area contributed by atoms with Gasteiger partial charge in [0.1, 0.15) is 5.82 Å². The van der Waals surface area contributed by atoms with E-state index in [2.05, 4.69) is 44.0 Å². The SMILES string of the molecule is COc1ccc(C23CCC(NC(=O)NSc4ccc(N5CCOCC5)nc4)CC2N(C)CC3)cc1OC.O=C(O)C(F)(F)F. The molecule has 3 atom stereocenters. The van der Waals surface area contributed by atoms with Crippen LogP contribution in [0.2, 0.25) is 0 Å². The molecule has 1 aromatic carbocycles. The van der Waals surface area contributed by atoms with Gasteiger partial charge in [0, 0.05) is 41.7 Å². The summed E-state index contributed by atoms with van der Waals surface area (Å²) >= 11 is 1.29. The molecule has 0 bridgehead atoms. The summed E-state index contributed by atoms with van der Waals surface area (Å²) in [6, 6.07) is 10.6. The van der Waals surface area contributed by atoms with E-state index in [4.69, 9.17) is 24.1 Å². The van der Waals surface area contributed by atoms with Gasteiger partial charge in [-0.1, -0.05) is 6.07 Å². The minimum absolute atomic E-state index is 0.0611. The van der Waals surface area contributed by atoms with Gasteiger partial charge in [-0.2, -0.15) is 13.2 Å². The normalized spacial score (nSPS) is 23.5. The quantitative estimate of drug-likeness (QED) is 0.381. The van der Waals surface area contributed by atoms with Crippen LogP contribution in [0.5, 0.6) is 11.5 Å². The number of alkyl halides is 3. The second-order valence-corrected chi connectivity index (χ2v) is 11.8. The van der Waals surface area contributed by atoms with E-state index < -0.39 is 12.1 Å². The molecule has 3 heterocycles. The molecule has 1 aromatic heterocycles. The van der Waals surface area contributed by atoms with E-state index in [9.17, 15) is 18.0 Å². The maximum absolute atomic E-state index is 12.7. The van der Waals surface area contributed by atoms with Crippen LogP contribution < -0.4 is 24.4 Å². The molecule has 15 heteroatoms. The monoisotopic (exact) mass is 641 g/mol. The predicted molar refractivity (Wildman–Crippen MR) is 158 cm³/mol. The van der Waals surface area contributed by atoms with Crippen LogP contribution in [0.1, 0.15) is 31.2 Å². The Labute approximate surface area is 258 Å². The summed E-state index contributed by atoms with van der Waals surface area (Å²) in [5.74, 6) is -0.293. The molecule has 2 aliphatic heterocycles. The molecule has 1 aliphatic carbocycles. The minimum Gasteiger partial charge on any atom is -0.493 e. The van der Waals surface area contributed by atoms with E-state index in [1.165, 1.54) is 17.5 Å². The number of ether oxygens (including phenoxy) is 3. The smallest absolute Gasteiger partial charge is 0.490 e. The fourth-order valence-electron chi connectivity index (χ4n) is 6.13. The van der Waals surface area contributed by atoms with Gasteiger partial charge in [0.05, 0.1) is 27.4 Å². The molecule has 3 aliphatic rings. The lowest BCUT2D eigenvalue weighted by molar-refractivity contribution is -0.192. The number of anilines is 1. The number of likely N-dealkylation sites (tertiary alicyclic amines) is 1. The number of benzene rings is 1. The Morgan fingerprint density at radius 2 is 1.80 bits per heavy atom. The number of carboxylic acid groups (broad SMARTS) is 1. The van der Waals surface area contributed by atoms with Crippen molar-refractivity contribution in [1.82, 2.24) is 19.9 Å². The number of carbonyl (C=O) groups excluding carboxylic acids is 1. The molecule has 0 radical (unpaired) electrons. The van der Waals surface area contributed by atoms with Crippen LogP contribution in [-0.2, 0) is 14.9 Å². The number of nitrogens with one attached hydrogen (secondary N) is 2. The Bertz CT molecular complexity index is 1280. The van der Waals surface area contributed by atoms with Crippen molar-refractivity contribution in [1.29, 1.82) is 0 Å². The number of nitrogens with zero attached hydrogens (tertiary/aromatic N) is 3. The van der Waals surface area contributed by atoms with E-state index >= 15 is 0 Å². The maximum atomic E-state index is 12.7. The van der Waals surface area contributed by atoms with Gasteiger partial charge < -0.3 is 34.4 Å². The molecule has 3 fully saturated rings. The van der Waals surface area contributed by atoms with Crippen LogP contribution in [0.25, 0.3) is 0 Å². The predicted octanol–water partition coefficient (Wildman–Crippen LogP) is 4.07. The summed E-state index contributed by atoms with van der Waals surface area (Å²) in [6.07, 6.45) is 0.695. The van der Waals surface area contributed by atoms with Crippen molar-refractivity contribution in [3.8, 4) is 11.5 Å². The number of aliphatic carboxylic acids is 1. The van der Waals surface area contributed by atoms with Crippen molar-refractivity contribution < 1.29 is 42.1 Å². The number of likely N-dealkylation sites (N-methyl/N-ethyl adjacent to an activating group) is 1. The average Bonchev–Trinajstić information content (AvgIpc) is 3.36. The summed E-state index contributed by atoms with van der Waals surface area (Å²) in [5, 5.41) is 10.3. The van der Waals surface area contributed by atoms with Crippen LogP contribution in [0, 0.1) is 0 Å². The number of hydrogen-bond acceptors (Lipinski definition) is 9. The first-order valence-electron chi connectivity index (χ1n) is 14.2. The summed E-state index contributed by atoms with van der Waals surface area (Å²) in [7, 11) is 5.54. The largest absolute Gasteiger partial charge is 0.493 e. The van der Waals surface area contributed by atoms with Crippen molar-refractivity contribution >= 4 is 29.8 Å². The van der Waals surface area contributed by atoms with Gasteiger partial charge >= 0.3 is 18.2 Å². The fourth-order valence-corrected chi connectivity index (χ4v) is 6.64. The van der Waals surface area contributed by atoms with Crippen molar-refractivity contribution in [2.24, 2.45) is 0 Å². The van der Waals surface area contributed by atoms with Gasteiger partial charge in [-0.15, -0.1) is 0 Å². The Kier molecular flexibility index (Phi) is 11.1. The number of aromatic nitrogens is 1. The van der Waals surface area contributed by atoms with Gasteiger partial charge in [0.15, 0.2) is 11.5 Å². The molecule has 2 aromatic rings. The fraction of sp³-hybridized carbons (Fsp3) is 0.552. The van der Waals surface area contributed by atoms with E-state index in [0.29, 0.717) is 6.04 Å². The minimum atomic E-state index is -5.08. The van der Waals surface area contributed by atoms with Crippen LogP contribution in [0.15, 0.2) is 41.4 Å². The number of morpholine rings is 1. The number of pyridine rings is 1. The first kappa shape index (κ1) is 33.5. The third-order valence-electron chi connectivity index (χ3n) is 8.38. The molecule has 2 saturated heterocycles. The topological polar surface area (TPSA) is 125 Å². The summed E-state index contributed by atoms with van der Waals surface area (Å²) in [4.78, 5) is 31.8. The molecule has 3 unspecified atom stereocenters. The molecule has 3 N–H and O–H groups in total. The highest BCUT2D eigenvalue weighted by Gasteiger charge is 2.50. The van der Waals surface area contributed by atoms with Gasteiger partial charge in [0.2, 0.25) is 0 Å². The summed E-state index contributed by atoms with van der Waals surface area (Å²) in [6.45, 7) is 4.21. The Morgan fingerprint density at radius 1 is 1.09 bits per heavy atom. The van der Waals surface area contributed by atoms with Crippen LogP contribution in [0.4, 0.5) is 23.8 Å². The lowest BCUT2D eigenvalue weighted by Crippen LogP contribution is -2.52. The second-order valence-electron chi connectivity index (χ2n) is 10.9. The number of methoxy groups -OCH3 is 2. The third-order valence-corrected chi connectivity index (χ3v) is 9.15. The number of urea groups is 1. The standard InChI is InChI=1S/C27H37N5O4S.C2HF3O2/c1-31-11-10-27(19-4-6-22(34-2)23(16-19)35-3)9-8-20(17-24(27)31)29-26(33)30-37-21-5-7-25(28-18-21)32-12-14-36-15-13-32;3-2(4,5)1(6)7/h4-7,16,18,20,24H,8-15,17H2,1-3H3,(H2,29,30,33);(H,6,7). The molecule has 2 amide bonds. The van der Waals surface area contributed by atoms with Gasteiger partial charge in [-0.25, -0.2) is 14.6 Å². The van der Waals surface area contributed by atoms with Crippen LogP contribution in [0.3, 0.4) is 0 Å². The number of fused-ring (bicyclic) bond motifs is 1. The summed E-state index contributed by atoms with van der Waals surface area (Å²) < 4.78 is 51.1. The summed E-state index contributed by atoms with van der Waals surface area (Å²) in [5.41, 5.74) is 1.36. The number of carboxylic acids is 1. The molecule has 5 rings (SSSR count). The molecular formula is C29H38F3N5O6S. The highest BCUT2D eigenvalue weighted by Crippen LogP contribution is 2.49. The van der Waals surface area contributed by atoms with E-state index in [1.54, 1.807) is 20.4 Å². The molecule has 11 nitrogen and oxygen atoms in total. The number of rotatable bonds is 7. The van der Waals surface area contributed by atoms with Crippen LogP contribution >= 0.6 is 11.9 Å². The Hall–Kier alpha value is -3.43. The zero-order valence-electron chi connectivity index (χ0n) is 24.9. The molecule has 44 heavy (non-hydrogen) atoms. The second kappa shape index (κ2) is 14.6. The lowest BCUT2D eigenvalue weighted by Gasteiger charge is -2.45. The lowest BCUT2D eigenvalue weighted by atomic mass is 9.65. The van der Waals surface area contributed by atoms with Crippen molar-refractivity contribution in [2.45, 2.75) is 54.3 Å². The highest BCUT2D eigenvalue weighted by molar-refractivity contribution is 7.98. The average molecular weight is 642 g/mol. The number of halogens is 3. The molecular weight excluding hydrogens is 603 g/mol. The zero-order valence-corrected chi connectivity index (χ0v) is 25.7. The van der Waals surface area contributed by atoms with E-state index in [1.807, 2.05) is 18.2 Å². The molecule has 1 saturated carbocycles. The first-order valence-corrected chi connectivity index (χ1v) is 15.0. The number of hydrogen-bond donors (Lipinski definition) is 3. The Balaban J connectivity index is 0.000000566. The molecule has 242 valence electrons. The van der Waals surface area contributed by atoms with Gasteiger partial charge in [-0.3, -0.25) is 4.72 Å². The van der Waals surface area contributed by atoms with Crippen molar-refractivity contribution in [3.05, 3.63) is 42.1 Å². The molecule has 0 spiro atoms.